The minimum atomic E-state index is -0.370. The molecular formula is C17H21FO2. The second-order valence-electron chi connectivity index (χ2n) is 6.52. The van der Waals surface area contributed by atoms with Gasteiger partial charge in [-0.1, -0.05) is 19.9 Å². The van der Waals surface area contributed by atoms with E-state index >= 15 is 0 Å². The van der Waals surface area contributed by atoms with Crippen LogP contribution in [0.2, 0.25) is 0 Å². The maximum absolute atomic E-state index is 14.1. The molecule has 0 unspecified atom stereocenters. The SMILES string of the molecule is C[C@@H]1C(c2ccc(O)cc2F)=CC[C@@]2(C)[C@@H]1CC[C@@H]2O. The second-order valence-corrected chi connectivity index (χ2v) is 6.52. The van der Waals surface area contributed by atoms with E-state index in [4.69, 9.17) is 0 Å². The number of fused-ring (bicyclic) bond motifs is 1. The number of halogens is 1. The molecule has 1 saturated carbocycles. The normalized spacial score (nSPS) is 36.6. The number of aromatic hydroxyl groups is 1. The van der Waals surface area contributed by atoms with E-state index in [2.05, 4.69) is 19.9 Å². The number of hydrogen-bond donors (Lipinski definition) is 2. The third kappa shape index (κ3) is 1.87. The first-order valence-electron chi connectivity index (χ1n) is 7.30. The zero-order valence-corrected chi connectivity index (χ0v) is 11.9. The zero-order chi connectivity index (χ0) is 14.5. The van der Waals surface area contributed by atoms with Crippen LogP contribution in [0.3, 0.4) is 0 Å². The molecule has 0 aromatic heterocycles. The van der Waals surface area contributed by atoms with Crippen LogP contribution in [0, 0.1) is 23.1 Å². The van der Waals surface area contributed by atoms with E-state index in [9.17, 15) is 14.6 Å². The van der Waals surface area contributed by atoms with E-state index in [-0.39, 0.29) is 29.0 Å². The van der Waals surface area contributed by atoms with Crippen molar-refractivity contribution in [3.8, 4) is 5.75 Å². The van der Waals surface area contributed by atoms with Gasteiger partial charge in [0.15, 0.2) is 0 Å². The number of benzene rings is 1. The number of rotatable bonds is 1. The molecule has 1 aromatic rings. The number of allylic oxidation sites excluding steroid dienone is 2. The Kier molecular flexibility index (Phi) is 3.13. The monoisotopic (exact) mass is 276 g/mol. The number of aliphatic hydroxyl groups excluding tert-OH is 1. The highest BCUT2D eigenvalue weighted by atomic mass is 19.1. The van der Waals surface area contributed by atoms with Gasteiger partial charge < -0.3 is 10.2 Å². The van der Waals surface area contributed by atoms with E-state index in [1.54, 1.807) is 6.07 Å². The summed E-state index contributed by atoms with van der Waals surface area (Å²) >= 11 is 0. The first-order valence-corrected chi connectivity index (χ1v) is 7.30. The summed E-state index contributed by atoms with van der Waals surface area (Å²) in [6.45, 7) is 4.27. The van der Waals surface area contributed by atoms with Crippen LogP contribution in [0.5, 0.6) is 5.75 Å². The fourth-order valence-corrected chi connectivity index (χ4v) is 4.18. The van der Waals surface area contributed by atoms with Gasteiger partial charge in [-0.15, -0.1) is 0 Å². The quantitative estimate of drug-likeness (QED) is 0.820. The molecule has 4 atom stereocenters. The lowest BCUT2D eigenvalue weighted by molar-refractivity contribution is 0.0289. The van der Waals surface area contributed by atoms with Gasteiger partial charge in [-0.25, -0.2) is 4.39 Å². The summed E-state index contributed by atoms with van der Waals surface area (Å²) in [5.41, 5.74) is 1.52. The lowest BCUT2D eigenvalue weighted by Gasteiger charge is -2.42. The average molecular weight is 276 g/mol. The molecule has 0 amide bonds. The highest BCUT2D eigenvalue weighted by Crippen LogP contribution is 2.55. The molecule has 2 nitrogen and oxygen atoms in total. The summed E-state index contributed by atoms with van der Waals surface area (Å²) in [7, 11) is 0. The molecule has 3 heteroatoms. The molecule has 2 aliphatic rings. The third-order valence-corrected chi connectivity index (χ3v) is 5.48. The van der Waals surface area contributed by atoms with Crippen LogP contribution in [0.25, 0.3) is 5.57 Å². The first kappa shape index (κ1) is 13.6. The van der Waals surface area contributed by atoms with Gasteiger partial charge in [0.1, 0.15) is 11.6 Å². The molecule has 108 valence electrons. The highest BCUT2D eigenvalue weighted by molar-refractivity contribution is 5.69. The fourth-order valence-electron chi connectivity index (χ4n) is 4.18. The van der Waals surface area contributed by atoms with Crippen molar-refractivity contribution in [1.29, 1.82) is 0 Å². The van der Waals surface area contributed by atoms with E-state index < -0.39 is 0 Å². The Morgan fingerprint density at radius 2 is 2.05 bits per heavy atom. The molecule has 2 aliphatic carbocycles. The Labute approximate surface area is 118 Å². The summed E-state index contributed by atoms with van der Waals surface area (Å²) in [4.78, 5) is 0. The van der Waals surface area contributed by atoms with Crippen molar-refractivity contribution < 1.29 is 14.6 Å². The van der Waals surface area contributed by atoms with E-state index in [0.717, 1.165) is 24.8 Å². The molecule has 0 spiro atoms. The molecule has 1 aromatic carbocycles. The van der Waals surface area contributed by atoms with Crippen LogP contribution < -0.4 is 0 Å². The molecule has 0 heterocycles. The fraction of sp³-hybridized carbons (Fsp3) is 0.529. The van der Waals surface area contributed by atoms with Crippen molar-refractivity contribution in [2.45, 2.75) is 39.2 Å². The van der Waals surface area contributed by atoms with E-state index in [0.29, 0.717) is 11.5 Å². The first-order chi connectivity index (χ1) is 9.43. The second kappa shape index (κ2) is 4.59. The van der Waals surface area contributed by atoms with Crippen LogP contribution in [-0.2, 0) is 0 Å². The standard InChI is InChI=1S/C17H21FO2/c1-10-12(13-4-3-11(19)9-15(13)18)7-8-17(2)14(10)5-6-16(17)20/h3-4,7,9-10,14,16,19-20H,5-6,8H2,1-2H3/t10-,14-,16+,17+/m1/s1. The minimum Gasteiger partial charge on any atom is -0.508 e. The van der Waals surface area contributed by atoms with Gasteiger partial charge in [0.05, 0.1) is 6.10 Å². The van der Waals surface area contributed by atoms with Crippen LogP contribution >= 0.6 is 0 Å². The molecule has 0 aliphatic heterocycles. The van der Waals surface area contributed by atoms with Gasteiger partial charge in [-0.05, 0) is 48.8 Å². The maximum Gasteiger partial charge on any atom is 0.134 e. The summed E-state index contributed by atoms with van der Waals surface area (Å²) in [6.07, 6.45) is 4.45. The van der Waals surface area contributed by atoms with E-state index in [1.807, 2.05) is 0 Å². The number of aliphatic hydroxyl groups is 1. The van der Waals surface area contributed by atoms with Gasteiger partial charge >= 0.3 is 0 Å². The lowest BCUT2D eigenvalue weighted by Crippen LogP contribution is -2.38. The predicted octanol–water partition coefficient (Wildman–Crippen LogP) is 3.73. The zero-order valence-electron chi connectivity index (χ0n) is 11.9. The van der Waals surface area contributed by atoms with Crippen molar-refractivity contribution in [3.63, 3.8) is 0 Å². The van der Waals surface area contributed by atoms with Crippen molar-refractivity contribution in [2.75, 3.05) is 0 Å². The van der Waals surface area contributed by atoms with Crippen molar-refractivity contribution in [1.82, 2.24) is 0 Å². The Morgan fingerprint density at radius 1 is 1.30 bits per heavy atom. The van der Waals surface area contributed by atoms with Crippen LogP contribution in [0.1, 0.15) is 38.7 Å². The van der Waals surface area contributed by atoms with Crippen LogP contribution in [-0.4, -0.2) is 16.3 Å². The van der Waals surface area contributed by atoms with Gasteiger partial charge in [-0.2, -0.15) is 0 Å². The van der Waals surface area contributed by atoms with Crippen LogP contribution in [0.15, 0.2) is 24.3 Å². The summed E-state index contributed by atoms with van der Waals surface area (Å²) in [5, 5.41) is 19.5. The minimum absolute atomic E-state index is 0.0450. The molecule has 0 radical (unpaired) electrons. The van der Waals surface area contributed by atoms with E-state index in [1.165, 1.54) is 12.1 Å². The Hall–Kier alpha value is -1.35. The van der Waals surface area contributed by atoms with Crippen molar-refractivity contribution in [3.05, 3.63) is 35.7 Å². The highest BCUT2D eigenvalue weighted by Gasteiger charge is 2.50. The molecular weight excluding hydrogens is 255 g/mol. The largest absolute Gasteiger partial charge is 0.508 e. The molecule has 2 N–H and O–H groups in total. The molecule has 0 saturated heterocycles. The van der Waals surface area contributed by atoms with Gasteiger partial charge in [0.25, 0.3) is 0 Å². The number of phenolic OH excluding ortho intramolecular Hbond substituents is 1. The van der Waals surface area contributed by atoms with Gasteiger partial charge in [0, 0.05) is 17.0 Å². The smallest absolute Gasteiger partial charge is 0.134 e. The maximum atomic E-state index is 14.1. The summed E-state index contributed by atoms with van der Waals surface area (Å²) in [6, 6.07) is 4.35. The molecule has 3 rings (SSSR count). The Balaban J connectivity index is 2.00. The average Bonchev–Trinajstić information content (AvgIpc) is 2.69. The van der Waals surface area contributed by atoms with Gasteiger partial charge in [-0.3, -0.25) is 0 Å². The van der Waals surface area contributed by atoms with Crippen molar-refractivity contribution >= 4 is 5.57 Å². The molecule has 0 bridgehead atoms. The number of phenols is 1. The summed E-state index contributed by atoms with van der Waals surface area (Å²) in [5.74, 6) is 0.206. The Bertz CT molecular complexity index is 566. The summed E-state index contributed by atoms with van der Waals surface area (Å²) < 4.78 is 14.1. The topological polar surface area (TPSA) is 40.5 Å². The molecule has 1 fully saturated rings. The third-order valence-electron chi connectivity index (χ3n) is 5.48. The number of hydrogen-bond acceptors (Lipinski definition) is 2. The van der Waals surface area contributed by atoms with Gasteiger partial charge in [0.2, 0.25) is 0 Å². The lowest BCUT2D eigenvalue weighted by atomic mass is 9.63. The molecule has 20 heavy (non-hydrogen) atoms. The Morgan fingerprint density at radius 3 is 2.75 bits per heavy atom. The van der Waals surface area contributed by atoms with Crippen molar-refractivity contribution in [2.24, 2.45) is 17.3 Å². The van der Waals surface area contributed by atoms with Crippen LogP contribution in [0.4, 0.5) is 4.39 Å². The predicted molar refractivity (Wildman–Crippen MR) is 76.7 cm³/mol.